The lowest BCUT2D eigenvalue weighted by atomic mass is 9.81. The fraction of sp³-hybridized carbons (Fsp3) is 0.692. The number of rotatable bonds is 15. The number of ether oxygens (including phenoxy) is 1. The number of amides is 1. The molecule has 0 spiro atoms. The van der Waals surface area contributed by atoms with Gasteiger partial charge in [-0.05, 0) is 61.0 Å². The molecule has 0 saturated heterocycles. The Labute approximate surface area is 203 Å². The molecule has 2 rings (SSSR count). The molecule has 0 unspecified atom stereocenters. The molecule has 4 atom stereocenters. The first kappa shape index (κ1) is 28.1. The molecule has 8 nitrogen and oxygen atoms in total. The largest absolute Gasteiger partial charge is 0.465 e. The van der Waals surface area contributed by atoms with Crippen LogP contribution in [0.4, 0.5) is 4.79 Å². The average Bonchev–Trinajstić information content (AvgIpc) is 3.18. The maximum Gasteiger partial charge on any atom is 0.404 e. The Morgan fingerprint density at radius 2 is 1.85 bits per heavy atom. The molecule has 0 fully saturated rings. The first-order valence-corrected chi connectivity index (χ1v) is 12.4. The Hall–Kier alpha value is -2.16. The number of carboxylic acid groups (broad SMARTS) is 1. The molecule has 1 heterocycles. The number of aliphatic hydroxyl groups is 2. The van der Waals surface area contributed by atoms with Crippen LogP contribution >= 0.6 is 0 Å². The van der Waals surface area contributed by atoms with Gasteiger partial charge in [-0.3, -0.25) is 4.68 Å². The van der Waals surface area contributed by atoms with Crippen molar-refractivity contribution in [3.05, 3.63) is 30.0 Å². The minimum Gasteiger partial charge on any atom is -0.465 e. The van der Waals surface area contributed by atoms with Gasteiger partial charge in [-0.25, -0.2) is 4.79 Å². The van der Waals surface area contributed by atoms with E-state index in [1.807, 2.05) is 24.7 Å². The van der Waals surface area contributed by atoms with Crippen LogP contribution in [0.25, 0.3) is 10.9 Å². The summed E-state index contributed by atoms with van der Waals surface area (Å²) >= 11 is 0. The highest BCUT2D eigenvalue weighted by molar-refractivity contribution is 5.79. The fourth-order valence-electron chi connectivity index (χ4n) is 4.50. The van der Waals surface area contributed by atoms with E-state index in [0.717, 1.165) is 30.3 Å². The molecule has 1 amide bonds. The predicted octanol–water partition coefficient (Wildman–Crippen LogP) is 3.93. The van der Waals surface area contributed by atoms with Crippen LogP contribution in [0.3, 0.4) is 0 Å². The van der Waals surface area contributed by atoms with Gasteiger partial charge >= 0.3 is 6.09 Å². The van der Waals surface area contributed by atoms with Crippen LogP contribution in [-0.2, 0) is 17.7 Å². The van der Waals surface area contributed by atoms with Crippen molar-refractivity contribution in [2.75, 3.05) is 20.3 Å². The third-order valence-electron chi connectivity index (χ3n) is 6.92. The Morgan fingerprint density at radius 1 is 1.15 bits per heavy atom. The number of carbonyl (C=O) groups is 1. The Balaban J connectivity index is 2.18. The smallest absolute Gasteiger partial charge is 0.404 e. The molecule has 4 N–H and O–H groups in total. The van der Waals surface area contributed by atoms with Gasteiger partial charge in [0.15, 0.2) is 0 Å². The lowest BCUT2D eigenvalue weighted by molar-refractivity contribution is 0.0581. The molecular formula is C26H43N3O5. The first-order valence-electron chi connectivity index (χ1n) is 12.4. The zero-order valence-corrected chi connectivity index (χ0v) is 21.3. The zero-order valence-electron chi connectivity index (χ0n) is 21.3. The number of aromatic nitrogens is 2. The van der Waals surface area contributed by atoms with Crippen molar-refractivity contribution in [1.82, 2.24) is 15.1 Å². The van der Waals surface area contributed by atoms with E-state index in [0.29, 0.717) is 25.4 Å². The molecular weight excluding hydrogens is 434 g/mol. The highest BCUT2D eigenvalue weighted by atomic mass is 16.5. The molecule has 192 valence electrons. The monoisotopic (exact) mass is 477 g/mol. The molecule has 0 aliphatic carbocycles. The van der Waals surface area contributed by atoms with Gasteiger partial charge in [-0.15, -0.1) is 0 Å². The number of hydrogen-bond acceptors (Lipinski definition) is 5. The Morgan fingerprint density at radius 3 is 2.44 bits per heavy atom. The number of hydrogen-bond donors (Lipinski definition) is 4. The molecule has 1 aromatic heterocycles. The van der Waals surface area contributed by atoms with Crippen molar-refractivity contribution >= 4 is 17.0 Å². The third kappa shape index (κ3) is 8.25. The maximum absolute atomic E-state index is 11.5. The van der Waals surface area contributed by atoms with Gasteiger partial charge in [0.2, 0.25) is 0 Å². The number of methoxy groups -OCH3 is 1. The minimum atomic E-state index is -1.14. The first-order chi connectivity index (χ1) is 16.2. The minimum absolute atomic E-state index is 0.0276. The molecule has 8 heteroatoms. The summed E-state index contributed by atoms with van der Waals surface area (Å²) in [6.45, 7) is 9.71. The third-order valence-corrected chi connectivity index (χ3v) is 6.92. The van der Waals surface area contributed by atoms with E-state index in [9.17, 15) is 20.1 Å². The van der Waals surface area contributed by atoms with Crippen LogP contribution in [-0.4, -0.2) is 63.7 Å². The van der Waals surface area contributed by atoms with Crippen molar-refractivity contribution in [2.24, 2.45) is 23.7 Å². The summed E-state index contributed by atoms with van der Waals surface area (Å²) in [6.07, 6.45) is 2.41. The summed E-state index contributed by atoms with van der Waals surface area (Å²) in [4.78, 5) is 11.5. The van der Waals surface area contributed by atoms with Crippen LogP contribution < -0.4 is 5.32 Å². The summed E-state index contributed by atoms with van der Waals surface area (Å²) in [6, 6.07) is 5.76. The normalized spacial score (nSPS) is 15.6. The quantitative estimate of drug-likeness (QED) is 0.289. The summed E-state index contributed by atoms with van der Waals surface area (Å²) in [5.41, 5.74) is 2.25. The van der Waals surface area contributed by atoms with Gasteiger partial charge in [0.05, 0.1) is 23.9 Å². The molecule has 34 heavy (non-hydrogen) atoms. The topological polar surface area (TPSA) is 117 Å². The number of nitrogens with one attached hydrogen (secondary N) is 1. The maximum atomic E-state index is 11.5. The van der Waals surface area contributed by atoms with Crippen LogP contribution in [0.1, 0.15) is 52.5 Å². The van der Waals surface area contributed by atoms with E-state index in [-0.39, 0.29) is 24.4 Å². The van der Waals surface area contributed by atoms with Crippen molar-refractivity contribution in [1.29, 1.82) is 0 Å². The van der Waals surface area contributed by atoms with E-state index in [4.69, 9.17) is 4.74 Å². The fourth-order valence-corrected chi connectivity index (χ4v) is 4.50. The predicted molar refractivity (Wildman–Crippen MR) is 134 cm³/mol. The van der Waals surface area contributed by atoms with Crippen LogP contribution in [0.15, 0.2) is 24.4 Å². The molecule has 1 aromatic carbocycles. The lowest BCUT2D eigenvalue weighted by Crippen LogP contribution is -2.46. The van der Waals surface area contributed by atoms with Crippen LogP contribution in [0.5, 0.6) is 0 Å². The summed E-state index contributed by atoms with van der Waals surface area (Å²) in [7, 11) is 1.70. The second-order valence-electron chi connectivity index (χ2n) is 10.1. The number of aliphatic hydroxyl groups excluding tert-OH is 2. The van der Waals surface area contributed by atoms with Gasteiger partial charge in [0, 0.05) is 32.3 Å². The van der Waals surface area contributed by atoms with E-state index in [2.05, 4.69) is 42.5 Å². The van der Waals surface area contributed by atoms with Crippen LogP contribution in [0.2, 0.25) is 0 Å². The summed E-state index contributed by atoms with van der Waals surface area (Å²) in [5, 5.41) is 38.1. The lowest BCUT2D eigenvalue weighted by Gasteiger charge is -2.31. The van der Waals surface area contributed by atoms with E-state index < -0.39 is 18.2 Å². The van der Waals surface area contributed by atoms with E-state index in [1.165, 1.54) is 5.56 Å². The molecule has 0 radical (unpaired) electrons. The van der Waals surface area contributed by atoms with Crippen LogP contribution in [0, 0.1) is 23.7 Å². The second kappa shape index (κ2) is 13.7. The average molecular weight is 478 g/mol. The van der Waals surface area contributed by atoms with Crippen molar-refractivity contribution in [3.8, 4) is 0 Å². The molecule has 0 aliphatic rings. The Bertz CT molecular complexity index is 882. The standard InChI is InChI=1S/C26H43N3O5/c1-17(2)21(13-23(28-26(32)33)25(31)14-22(16-30)18(3)4)11-19-7-8-20-15-27-29(24(20)12-19)9-6-10-34-5/h7-8,12,15,17-18,21-23,25,28,30-31H,6,9-11,13-14,16H2,1-5H3,(H,32,33)/t21-,22+,23-,25-/m0/s1. The Kier molecular flexibility index (Phi) is 11.3. The van der Waals surface area contributed by atoms with E-state index >= 15 is 0 Å². The molecule has 2 aromatic rings. The number of fused-ring (bicyclic) bond motifs is 1. The number of nitrogens with zero attached hydrogens (tertiary/aromatic N) is 2. The number of benzene rings is 1. The molecule has 0 aliphatic heterocycles. The second-order valence-corrected chi connectivity index (χ2v) is 10.1. The molecule has 0 saturated carbocycles. The van der Waals surface area contributed by atoms with Gasteiger partial charge in [-0.1, -0.05) is 39.8 Å². The summed E-state index contributed by atoms with van der Waals surface area (Å²) < 4.78 is 7.16. The highest BCUT2D eigenvalue weighted by Gasteiger charge is 2.29. The summed E-state index contributed by atoms with van der Waals surface area (Å²) in [5.74, 6) is 0.588. The van der Waals surface area contributed by atoms with Gasteiger partial charge in [-0.2, -0.15) is 5.10 Å². The molecule has 0 bridgehead atoms. The zero-order chi connectivity index (χ0) is 25.3. The van der Waals surface area contributed by atoms with E-state index in [1.54, 1.807) is 7.11 Å². The van der Waals surface area contributed by atoms with Gasteiger partial charge in [0.25, 0.3) is 0 Å². The van der Waals surface area contributed by atoms with Gasteiger partial charge in [0.1, 0.15) is 0 Å². The number of aryl methyl sites for hydroxylation is 1. The van der Waals surface area contributed by atoms with Crippen molar-refractivity contribution in [2.45, 2.75) is 72.1 Å². The van der Waals surface area contributed by atoms with Gasteiger partial charge < -0.3 is 25.4 Å². The highest BCUT2D eigenvalue weighted by Crippen LogP contribution is 2.27. The SMILES string of the molecule is COCCCn1ncc2ccc(C[C@@H](C[C@H](NC(=O)O)[C@@H](O)C[C@H](CO)C(C)C)C(C)C)cc21. The van der Waals surface area contributed by atoms with Crippen molar-refractivity contribution < 1.29 is 24.9 Å². The van der Waals surface area contributed by atoms with Crippen molar-refractivity contribution in [3.63, 3.8) is 0 Å².